The maximum absolute atomic E-state index is 11.8. The van der Waals surface area contributed by atoms with E-state index in [9.17, 15) is 9.59 Å². The average Bonchev–Trinajstić information content (AvgIpc) is 2.46. The molecule has 0 heterocycles. The van der Waals surface area contributed by atoms with Crippen molar-refractivity contribution in [3.8, 4) is 6.07 Å². The highest BCUT2D eigenvalue weighted by atomic mass is 16.5. The molecule has 0 bridgehead atoms. The van der Waals surface area contributed by atoms with Crippen LogP contribution in [0.5, 0.6) is 0 Å². The number of carbonyl (C=O) groups is 2. The van der Waals surface area contributed by atoms with Gasteiger partial charge in [0.1, 0.15) is 12.1 Å². The monoisotopic (exact) mass is 291 g/mol. The predicted octanol–water partition coefficient (Wildman–Crippen LogP) is 1.56. The Balaban J connectivity index is 2.62. The van der Waals surface area contributed by atoms with Gasteiger partial charge in [-0.1, -0.05) is 12.1 Å². The third-order valence-corrected chi connectivity index (χ3v) is 2.74. The fraction of sp³-hybridized carbons (Fsp3) is 0.357. The minimum atomic E-state index is -1.12. The van der Waals surface area contributed by atoms with E-state index in [0.29, 0.717) is 24.3 Å². The summed E-state index contributed by atoms with van der Waals surface area (Å²) in [6.07, 6.45) is 0.777. The number of carboxylic acids is 1. The number of aliphatic carboxylic acids is 1. The van der Waals surface area contributed by atoms with Gasteiger partial charge in [-0.25, -0.2) is 9.59 Å². The lowest BCUT2D eigenvalue weighted by Crippen LogP contribution is -2.43. The van der Waals surface area contributed by atoms with Crippen LogP contribution in [0.2, 0.25) is 0 Å². The van der Waals surface area contributed by atoms with Crippen molar-refractivity contribution in [3.63, 3.8) is 0 Å². The van der Waals surface area contributed by atoms with Crippen LogP contribution in [0.4, 0.5) is 10.5 Å². The van der Waals surface area contributed by atoms with E-state index in [0.717, 1.165) is 0 Å². The third-order valence-electron chi connectivity index (χ3n) is 2.74. The molecule has 1 unspecified atom stereocenters. The first-order valence-electron chi connectivity index (χ1n) is 6.37. The molecule has 0 spiro atoms. The topological polar surface area (TPSA) is 111 Å². The molecule has 0 aliphatic heterocycles. The number of rotatable bonds is 7. The SMILES string of the molecule is COCCCC(NC(=O)Nc1ccccc1C#N)C(=O)O. The zero-order valence-electron chi connectivity index (χ0n) is 11.6. The summed E-state index contributed by atoms with van der Waals surface area (Å²) < 4.78 is 4.85. The lowest BCUT2D eigenvalue weighted by molar-refractivity contribution is -0.139. The summed E-state index contributed by atoms with van der Waals surface area (Å²) in [5.74, 6) is -1.12. The fourth-order valence-electron chi connectivity index (χ4n) is 1.70. The molecule has 0 aliphatic rings. The van der Waals surface area contributed by atoms with Crippen molar-refractivity contribution >= 4 is 17.7 Å². The maximum Gasteiger partial charge on any atom is 0.326 e. The second-order valence-corrected chi connectivity index (χ2v) is 4.28. The van der Waals surface area contributed by atoms with E-state index >= 15 is 0 Å². The summed E-state index contributed by atoms with van der Waals surface area (Å²) in [6.45, 7) is 0.421. The molecular formula is C14H17N3O4. The largest absolute Gasteiger partial charge is 0.480 e. The summed E-state index contributed by atoms with van der Waals surface area (Å²) in [6, 6.07) is 6.74. The van der Waals surface area contributed by atoms with Crippen molar-refractivity contribution in [1.82, 2.24) is 5.32 Å². The highest BCUT2D eigenvalue weighted by molar-refractivity contribution is 5.93. The fourth-order valence-corrected chi connectivity index (χ4v) is 1.70. The number of methoxy groups -OCH3 is 1. The Morgan fingerprint density at radius 1 is 1.43 bits per heavy atom. The van der Waals surface area contributed by atoms with Crippen molar-refractivity contribution in [2.45, 2.75) is 18.9 Å². The van der Waals surface area contributed by atoms with Gasteiger partial charge in [0, 0.05) is 13.7 Å². The average molecular weight is 291 g/mol. The van der Waals surface area contributed by atoms with E-state index in [4.69, 9.17) is 15.1 Å². The standard InChI is InChI=1S/C14H17N3O4/c1-21-8-4-7-12(13(18)19)17-14(20)16-11-6-3-2-5-10(11)9-15/h2-3,5-6,12H,4,7-8H2,1H3,(H,18,19)(H2,16,17,20). The molecule has 112 valence electrons. The van der Waals surface area contributed by atoms with E-state index in [1.54, 1.807) is 24.3 Å². The second kappa shape index (κ2) is 8.55. The van der Waals surface area contributed by atoms with Gasteiger partial charge in [-0.05, 0) is 25.0 Å². The van der Waals surface area contributed by atoms with Crippen molar-refractivity contribution in [2.75, 3.05) is 19.0 Å². The van der Waals surface area contributed by atoms with Crippen LogP contribution in [0.15, 0.2) is 24.3 Å². The van der Waals surface area contributed by atoms with Gasteiger partial charge in [0.2, 0.25) is 0 Å². The molecule has 1 aromatic rings. The molecule has 1 aromatic carbocycles. The van der Waals surface area contributed by atoms with Gasteiger partial charge < -0.3 is 20.5 Å². The molecule has 0 radical (unpaired) electrons. The highest BCUT2D eigenvalue weighted by Crippen LogP contribution is 2.13. The van der Waals surface area contributed by atoms with E-state index in [2.05, 4.69) is 10.6 Å². The molecule has 0 saturated heterocycles. The van der Waals surface area contributed by atoms with Gasteiger partial charge in [-0.15, -0.1) is 0 Å². The molecule has 0 aliphatic carbocycles. The Morgan fingerprint density at radius 2 is 2.14 bits per heavy atom. The van der Waals surface area contributed by atoms with E-state index in [1.165, 1.54) is 7.11 Å². The van der Waals surface area contributed by atoms with Crippen LogP contribution in [0, 0.1) is 11.3 Å². The molecule has 0 aromatic heterocycles. The number of hydrogen-bond donors (Lipinski definition) is 3. The van der Waals surface area contributed by atoms with Crippen LogP contribution in [0.1, 0.15) is 18.4 Å². The first-order valence-corrected chi connectivity index (χ1v) is 6.37. The van der Waals surface area contributed by atoms with Gasteiger partial charge >= 0.3 is 12.0 Å². The van der Waals surface area contributed by atoms with Crippen molar-refractivity contribution in [2.24, 2.45) is 0 Å². The molecule has 1 atom stereocenters. The van der Waals surface area contributed by atoms with Crippen molar-refractivity contribution in [3.05, 3.63) is 29.8 Å². The Morgan fingerprint density at radius 3 is 2.76 bits per heavy atom. The normalized spacial score (nSPS) is 11.2. The molecule has 2 amide bonds. The number of nitrogens with zero attached hydrogens (tertiary/aromatic N) is 1. The van der Waals surface area contributed by atoms with Crippen LogP contribution in [0.25, 0.3) is 0 Å². The Labute approximate surface area is 122 Å². The number of amides is 2. The Kier molecular flexibility index (Phi) is 6.71. The molecular weight excluding hydrogens is 274 g/mol. The van der Waals surface area contributed by atoms with Crippen LogP contribution in [-0.2, 0) is 9.53 Å². The van der Waals surface area contributed by atoms with Crippen LogP contribution in [0.3, 0.4) is 0 Å². The zero-order chi connectivity index (χ0) is 15.7. The summed E-state index contributed by atoms with van der Waals surface area (Å²) in [5, 5.41) is 22.8. The Bertz CT molecular complexity index is 539. The van der Waals surface area contributed by atoms with Crippen molar-refractivity contribution < 1.29 is 19.4 Å². The number of nitriles is 1. The number of carboxylic acid groups (broad SMARTS) is 1. The maximum atomic E-state index is 11.8. The first kappa shape index (κ1) is 16.5. The number of urea groups is 1. The van der Waals surface area contributed by atoms with Crippen LogP contribution >= 0.6 is 0 Å². The van der Waals surface area contributed by atoms with Crippen LogP contribution in [-0.4, -0.2) is 36.9 Å². The van der Waals surface area contributed by atoms with Gasteiger partial charge in [-0.2, -0.15) is 5.26 Å². The second-order valence-electron chi connectivity index (χ2n) is 4.28. The van der Waals surface area contributed by atoms with E-state index < -0.39 is 18.0 Å². The quantitative estimate of drug-likeness (QED) is 0.660. The van der Waals surface area contributed by atoms with Gasteiger partial charge in [-0.3, -0.25) is 0 Å². The minimum absolute atomic E-state index is 0.260. The summed E-state index contributed by atoms with van der Waals surface area (Å²) in [5.41, 5.74) is 0.637. The Hall–Kier alpha value is -2.59. The highest BCUT2D eigenvalue weighted by Gasteiger charge is 2.19. The molecule has 0 saturated carbocycles. The molecule has 7 nitrogen and oxygen atoms in total. The van der Waals surface area contributed by atoms with E-state index in [1.807, 2.05) is 6.07 Å². The number of nitrogens with one attached hydrogen (secondary N) is 2. The lowest BCUT2D eigenvalue weighted by atomic mass is 10.1. The van der Waals surface area contributed by atoms with E-state index in [-0.39, 0.29) is 6.42 Å². The minimum Gasteiger partial charge on any atom is -0.480 e. The third kappa shape index (κ3) is 5.50. The summed E-state index contributed by atoms with van der Waals surface area (Å²) in [4.78, 5) is 22.9. The number of anilines is 1. The van der Waals surface area contributed by atoms with Gasteiger partial charge in [0.05, 0.1) is 11.3 Å². The first-order chi connectivity index (χ1) is 10.1. The number of para-hydroxylation sites is 1. The zero-order valence-corrected chi connectivity index (χ0v) is 11.6. The molecule has 0 fully saturated rings. The van der Waals surface area contributed by atoms with Gasteiger partial charge in [0.15, 0.2) is 0 Å². The molecule has 1 rings (SSSR count). The number of ether oxygens (including phenoxy) is 1. The number of benzene rings is 1. The van der Waals surface area contributed by atoms with Gasteiger partial charge in [0.25, 0.3) is 0 Å². The smallest absolute Gasteiger partial charge is 0.326 e. The molecule has 21 heavy (non-hydrogen) atoms. The number of carbonyl (C=O) groups excluding carboxylic acids is 1. The summed E-state index contributed by atoms with van der Waals surface area (Å²) >= 11 is 0. The molecule has 3 N–H and O–H groups in total. The molecule has 7 heteroatoms. The van der Waals surface area contributed by atoms with Crippen LogP contribution < -0.4 is 10.6 Å². The number of hydrogen-bond acceptors (Lipinski definition) is 4. The lowest BCUT2D eigenvalue weighted by Gasteiger charge is -2.15. The predicted molar refractivity (Wildman–Crippen MR) is 75.8 cm³/mol. The summed E-state index contributed by atoms with van der Waals surface area (Å²) in [7, 11) is 1.52. The van der Waals surface area contributed by atoms with Crippen molar-refractivity contribution in [1.29, 1.82) is 5.26 Å².